The number of halogens is 1. The molecule has 0 N–H and O–H groups in total. The van der Waals surface area contributed by atoms with Gasteiger partial charge in [0.2, 0.25) is 0 Å². The van der Waals surface area contributed by atoms with E-state index in [1.54, 1.807) is 37.4 Å². The van der Waals surface area contributed by atoms with E-state index in [4.69, 9.17) is 11.6 Å². The first-order chi connectivity index (χ1) is 8.87. The molecule has 19 heavy (non-hydrogen) atoms. The minimum atomic E-state index is -3.54. The van der Waals surface area contributed by atoms with Gasteiger partial charge < -0.3 is 0 Å². The average molecular weight is 298 g/mol. The van der Waals surface area contributed by atoms with Gasteiger partial charge in [-0.2, -0.15) is 0 Å². The van der Waals surface area contributed by atoms with E-state index in [1.807, 2.05) is 13.8 Å². The topological polar surface area (TPSA) is 39.1 Å². The highest BCUT2D eigenvalue weighted by Crippen LogP contribution is 2.23. The predicted molar refractivity (Wildman–Crippen MR) is 77.2 cm³/mol. The molecule has 102 valence electrons. The maximum Gasteiger partial charge on any atom is 0.267 e. The summed E-state index contributed by atoms with van der Waals surface area (Å²) in [5.74, 6) is 0.309. The molecule has 0 radical (unpaired) electrons. The van der Waals surface area contributed by atoms with E-state index < -0.39 is 10.0 Å². The van der Waals surface area contributed by atoms with Crippen LogP contribution in [0.1, 0.15) is 22.4 Å². The molecule has 0 amide bonds. The molecule has 1 aromatic carbocycles. The van der Waals surface area contributed by atoms with Gasteiger partial charge in [-0.15, -0.1) is 11.6 Å². The van der Waals surface area contributed by atoms with Crippen LogP contribution in [-0.4, -0.2) is 12.4 Å². The minimum Gasteiger partial charge on any atom is -0.246 e. The van der Waals surface area contributed by atoms with Crippen molar-refractivity contribution in [3.8, 4) is 0 Å². The van der Waals surface area contributed by atoms with E-state index in [0.29, 0.717) is 11.6 Å². The van der Waals surface area contributed by atoms with Crippen LogP contribution in [-0.2, 0) is 15.9 Å². The fourth-order valence-corrected chi connectivity index (χ4v) is 3.68. The fraction of sp³-hybridized carbons (Fsp3) is 0.286. The van der Waals surface area contributed by atoms with Crippen LogP contribution in [0, 0.1) is 20.8 Å². The summed E-state index contributed by atoms with van der Waals surface area (Å²) in [6.07, 6.45) is 1.60. The Hall–Kier alpha value is -1.26. The van der Waals surface area contributed by atoms with Gasteiger partial charge in [-0.1, -0.05) is 17.7 Å². The van der Waals surface area contributed by atoms with Gasteiger partial charge in [-0.05, 0) is 44.0 Å². The Kier molecular flexibility index (Phi) is 3.74. The van der Waals surface area contributed by atoms with Gasteiger partial charge in [0.25, 0.3) is 10.0 Å². The third kappa shape index (κ3) is 2.42. The number of rotatable bonds is 3. The van der Waals surface area contributed by atoms with Gasteiger partial charge in [-0.25, -0.2) is 12.4 Å². The van der Waals surface area contributed by atoms with Crippen molar-refractivity contribution in [2.24, 2.45) is 0 Å². The van der Waals surface area contributed by atoms with Crippen LogP contribution in [0.5, 0.6) is 0 Å². The zero-order valence-corrected chi connectivity index (χ0v) is 12.7. The molecule has 0 unspecified atom stereocenters. The van der Waals surface area contributed by atoms with Crippen molar-refractivity contribution in [3.05, 3.63) is 52.8 Å². The number of hydrogen-bond donors (Lipinski definition) is 0. The Bertz CT molecular complexity index is 700. The lowest BCUT2D eigenvalue weighted by atomic mass is 10.2. The van der Waals surface area contributed by atoms with Crippen LogP contribution < -0.4 is 0 Å². The molecular formula is C14H16ClNO2S. The Morgan fingerprint density at radius 2 is 1.68 bits per heavy atom. The SMILES string of the molecule is Cc1ccc(S(=O)(=O)n2cc(CCl)c(C)c2C)cc1. The first kappa shape index (κ1) is 14.2. The van der Waals surface area contributed by atoms with Crippen LogP contribution in [0.3, 0.4) is 0 Å². The van der Waals surface area contributed by atoms with Crippen LogP contribution in [0.25, 0.3) is 0 Å². The lowest BCUT2D eigenvalue weighted by Crippen LogP contribution is -2.13. The lowest BCUT2D eigenvalue weighted by molar-refractivity contribution is 0.586. The molecule has 2 rings (SSSR count). The molecule has 0 fully saturated rings. The van der Waals surface area contributed by atoms with Crippen LogP contribution in [0.4, 0.5) is 0 Å². The van der Waals surface area contributed by atoms with E-state index in [9.17, 15) is 8.42 Å². The molecule has 0 saturated heterocycles. The molecule has 3 nitrogen and oxygen atoms in total. The Balaban J connectivity index is 2.60. The van der Waals surface area contributed by atoms with Gasteiger partial charge >= 0.3 is 0 Å². The molecule has 0 spiro atoms. The number of aryl methyl sites for hydroxylation is 1. The average Bonchev–Trinajstić information content (AvgIpc) is 2.67. The predicted octanol–water partition coefficient (Wildman–Crippen LogP) is 3.39. The maximum atomic E-state index is 12.6. The highest BCUT2D eigenvalue weighted by Gasteiger charge is 2.21. The van der Waals surface area contributed by atoms with Crippen molar-refractivity contribution in [1.29, 1.82) is 0 Å². The molecule has 1 aromatic heterocycles. The Labute approximate surface area is 118 Å². The van der Waals surface area contributed by atoms with Crippen molar-refractivity contribution in [3.63, 3.8) is 0 Å². The smallest absolute Gasteiger partial charge is 0.246 e. The summed E-state index contributed by atoms with van der Waals surface area (Å²) < 4.78 is 26.4. The van der Waals surface area contributed by atoms with Gasteiger partial charge in [0.15, 0.2) is 0 Å². The summed E-state index contributed by atoms with van der Waals surface area (Å²) in [7, 11) is -3.54. The van der Waals surface area contributed by atoms with E-state index in [0.717, 1.165) is 16.7 Å². The summed E-state index contributed by atoms with van der Waals surface area (Å²) >= 11 is 5.83. The zero-order valence-electron chi connectivity index (χ0n) is 11.1. The molecule has 0 aliphatic rings. The lowest BCUT2D eigenvalue weighted by Gasteiger charge is -2.08. The standard InChI is InChI=1S/C14H16ClNO2S/c1-10-4-6-14(7-5-10)19(17,18)16-9-13(8-15)11(2)12(16)3/h4-7,9H,8H2,1-3H3. The highest BCUT2D eigenvalue weighted by molar-refractivity contribution is 7.90. The number of aromatic nitrogens is 1. The van der Waals surface area contributed by atoms with Crippen molar-refractivity contribution in [2.45, 2.75) is 31.5 Å². The molecule has 1 heterocycles. The van der Waals surface area contributed by atoms with Crippen LogP contribution in [0.2, 0.25) is 0 Å². The minimum absolute atomic E-state index is 0.289. The monoisotopic (exact) mass is 297 g/mol. The molecule has 2 aromatic rings. The summed E-state index contributed by atoms with van der Waals surface area (Å²) in [6.45, 7) is 5.60. The molecule has 0 atom stereocenters. The quantitative estimate of drug-likeness (QED) is 0.815. The third-order valence-corrected chi connectivity index (χ3v) is 5.40. The van der Waals surface area contributed by atoms with Crippen LogP contribution >= 0.6 is 11.6 Å². The largest absolute Gasteiger partial charge is 0.267 e. The second kappa shape index (κ2) is 5.02. The first-order valence-corrected chi connectivity index (χ1v) is 7.91. The van der Waals surface area contributed by atoms with Gasteiger partial charge in [-0.3, -0.25) is 0 Å². The second-order valence-corrected chi connectivity index (χ2v) is 6.69. The normalized spacial score (nSPS) is 11.8. The summed E-state index contributed by atoms with van der Waals surface area (Å²) in [6, 6.07) is 6.84. The molecule has 0 bridgehead atoms. The Morgan fingerprint density at radius 1 is 1.11 bits per heavy atom. The van der Waals surface area contributed by atoms with Gasteiger partial charge in [0, 0.05) is 17.8 Å². The molecule has 5 heteroatoms. The van der Waals surface area contributed by atoms with E-state index in [1.165, 1.54) is 3.97 Å². The number of hydrogen-bond acceptors (Lipinski definition) is 2. The van der Waals surface area contributed by atoms with Crippen molar-refractivity contribution in [2.75, 3.05) is 0 Å². The molecule has 0 aliphatic carbocycles. The third-order valence-electron chi connectivity index (χ3n) is 3.35. The molecular weight excluding hydrogens is 282 g/mol. The van der Waals surface area contributed by atoms with Crippen LogP contribution in [0.15, 0.2) is 35.4 Å². The Morgan fingerprint density at radius 3 is 2.16 bits per heavy atom. The first-order valence-electron chi connectivity index (χ1n) is 5.93. The van der Waals surface area contributed by atoms with E-state index in [2.05, 4.69) is 0 Å². The second-order valence-electron chi connectivity index (χ2n) is 4.61. The summed E-state index contributed by atoms with van der Waals surface area (Å²) in [4.78, 5) is 0.289. The highest BCUT2D eigenvalue weighted by atomic mass is 35.5. The van der Waals surface area contributed by atoms with E-state index >= 15 is 0 Å². The maximum absolute atomic E-state index is 12.6. The summed E-state index contributed by atoms with van der Waals surface area (Å²) in [5.41, 5.74) is 3.50. The van der Waals surface area contributed by atoms with Crippen molar-refractivity contribution >= 4 is 21.6 Å². The van der Waals surface area contributed by atoms with Gasteiger partial charge in [0.1, 0.15) is 0 Å². The fourth-order valence-electron chi connectivity index (χ4n) is 1.94. The van der Waals surface area contributed by atoms with Crippen molar-refractivity contribution < 1.29 is 8.42 Å². The van der Waals surface area contributed by atoms with Gasteiger partial charge in [0.05, 0.1) is 4.90 Å². The molecule has 0 aliphatic heterocycles. The van der Waals surface area contributed by atoms with Crippen molar-refractivity contribution in [1.82, 2.24) is 3.97 Å². The number of alkyl halides is 1. The molecule has 0 saturated carbocycles. The summed E-state index contributed by atoms with van der Waals surface area (Å²) in [5, 5.41) is 0. The zero-order chi connectivity index (χ0) is 14.2. The number of benzene rings is 1. The van der Waals surface area contributed by atoms with E-state index in [-0.39, 0.29) is 4.90 Å². The number of nitrogens with zero attached hydrogens (tertiary/aromatic N) is 1.